The number of nitrogens with zero attached hydrogens (tertiary/aromatic N) is 1. The number of fused-ring (bicyclic) bond motifs is 2. The van der Waals surface area contributed by atoms with E-state index < -0.39 is 0 Å². The summed E-state index contributed by atoms with van der Waals surface area (Å²) in [6.45, 7) is 0.940. The second-order valence-electron chi connectivity index (χ2n) is 5.27. The van der Waals surface area contributed by atoms with Crippen molar-refractivity contribution in [3.63, 3.8) is 0 Å². The Labute approximate surface area is 130 Å². The first kappa shape index (κ1) is 13.6. The highest BCUT2D eigenvalue weighted by molar-refractivity contribution is 6.07. The Hall–Kier alpha value is -3.09. The van der Waals surface area contributed by atoms with Crippen molar-refractivity contribution in [1.29, 1.82) is 0 Å². The number of carbonyl (C=O) groups excluding carboxylic acids is 1. The van der Waals surface area contributed by atoms with Crippen LogP contribution in [-0.2, 0) is 6.42 Å². The summed E-state index contributed by atoms with van der Waals surface area (Å²) in [6, 6.07) is 6.51. The summed E-state index contributed by atoms with van der Waals surface area (Å²) in [7, 11) is 0. The summed E-state index contributed by atoms with van der Waals surface area (Å²) in [5.41, 5.74) is 2.57. The van der Waals surface area contributed by atoms with Crippen LogP contribution in [-0.4, -0.2) is 29.3 Å². The van der Waals surface area contributed by atoms with E-state index >= 15 is 0 Å². The summed E-state index contributed by atoms with van der Waals surface area (Å²) >= 11 is 0. The predicted octanol–water partition coefficient (Wildman–Crippen LogP) is 0.868. The maximum atomic E-state index is 12.3. The van der Waals surface area contributed by atoms with Crippen LogP contribution in [0.15, 0.2) is 35.1 Å². The normalized spacial score (nSPS) is 16.8. The molecular formula is C16H13N3O4. The molecule has 4 rings (SSSR count). The fourth-order valence-corrected chi connectivity index (χ4v) is 2.68. The Morgan fingerprint density at radius 2 is 2.04 bits per heavy atom. The number of aromatic nitrogens is 2. The monoisotopic (exact) mass is 311 g/mol. The number of benzene rings is 1. The first-order valence-electron chi connectivity index (χ1n) is 7.19. The highest BCUT2D eigenvalue weighted by atomic mass is 16.7. The SMILES string of the molecule is O=C(/C=C1\NCCc2cc3c(cc21)OCO3)c1ccc(=O)[nH]n1. The number of aromatic amines is 1. The average molecular weight is 311 g/mol. The smallest absolute Gasteiger partial charge is 0.264 e. The Bertz CT molecular complexity index is 865. The Morgan fingerprint density at radius 3 is 2.83 bits per heavy atom. The molecule has 0 atom stereocenters. The van der Waals surface area contributed by atoms with Crippen molar-refractivity contribution in [1.82, 2.24) is 15.5 Å². The fraction of sp³-hybridized carbons (Fsp3) is 0.188. The van der Waals surface area contributed by atoms with E-state index in [1.54, 1.807) is 0 Å². The van der Waals surface area contributed by atoms with E-state index in [9.17, 15) is 9.59 Å². The maximum Gasteiger partial charge on any atom is 0.264 e. The number of carbonyl (C=O) groups is 1. The molecule has 2 N–H and O–H groups in total. The number of hydrogen-bond acceptors (Lipinski definition) is 6. The number of H-pyrrole nitrogens is 1. The summed E-state index contributed by atoms with van der Waals surface area (Å²) in [5.74, 6) is 1.13. The minimum Gasteiger partial charge on any atom is -0.454 e. The van der Waals surface area contributed by atoms with E-state index in [0.717, 1.165) is 29.8 Å². The van der Waals surface area contributed by atoms with Gasteiger partial charge in [-0.3, -0.25) is 9.59 Å². The van der Waals surface area contributed by atoms with Crippen LogP contribution in [0.2, 0.25) is 0 Å². The van der Waals surface area contributed by atoms with Gasteiger partial charge in [0.05, 0.1) is 0 Å². The zero-order chi connectivity index (χ0) is 15.8. The van der Waals surface area contributed by atoms with Crippen LogP contribution in [0.4, 0.5) is 0 Å². The lowest BCUT2D eigenvalue weighted by Crippen LogP contribution is -2.23. The first-order chi connectivity index (χ1) is 11.2. The lowest BCUT2D eigenvalue weighted by molar-refractivity contribution is 0.104. The molecule has 2 aliphatic rings. The van der Waals surface area contributed by atoms with Gasteiger partial charge in [-0.05, 0) is 30.2 Å². The molecule has 116 valence electrons. The van der Waals surface area contributed by atoms with Crippen LogP contribution in [0.5, 0.6) is 11.5 Å². The molecule has 0 unspecified atom stereocenters. The molecule has 0 saturated heterocycles. The zero-order valence-corrected chi connectivity index (χ0v) is 12.1. The second-order valence-corrected chi connectivity index (χ2v) is 5.27. The van der Waals surface area contributed by atoms with E-state index in [1.807, 2.05) is 12.1 Å². The van der Waals surface area contributed by atoms with Crippen LogP contribution < -0.4 is 20.3 Å². The minimum atomic E-state index is -0.344. The van der Waals surface area contributed by atoms with Gasteiger partial charge in [-0.25, -0.2) is 5.10 Å². The van der Waals surface area contributed by atoms with Crippen LogP contribution >= 0.6 is 0 Å². The van der Waals surface area contributed by atoms with Crippen LogP contribution in [0, 0.1) is 0 Å². The molecule has 0 radical (unpaired) electrons. The molecule has 0 bridgehead atoms. The van der Waals surface area contributed by atoms with Crippen molar-refractivity contribution in [2.75, 3.05) is 13.3 Å². The van der Waals surface area contributed by atoms with Crippen molar-refractivity contribution in [2.24, 2.45) is 0 Å². The van der Waals surface area contributed by atoms with Crippen molar-refractivity contribution in [3.8, 4) is 11.5 Å². The lowest BCUT2D eigenvalue weighted by Gasteiger charge is -2.21. The molecule has 0 saturated carbocycles. The van der Waals surface area contributed by atoms with Gasteiger partial charge in [0.1, 0.15) is 5.69 Å². The molecule has 0 amide bonds. The number of nitrogens with one attached hydrogen (secondary N) is 2. The van der Waals surface area contributed by atoms with Gasteiger partial charge in [-0.15, -0.1) is 0 Å². The molecule has 2 aliphatic heterocycles. The van der Waals surface area contributed by atoms with Crippen LogP contribution in [0.3, 0.4) is 0 Å². The Morgan fingerprint density at radius 1 is 1.22 bits per heavy atom. The predicted molar refractivity (Wildman–Crippen MR) is 81.4 cm³/mol. The van der Waals surface area contributed by atoms with Gasteiger partial charge < -0.3 is 14.8 Å². The molecule has 23 heavy (non-hydrogen) atoms. The first-order valence-corrected chi connectivity index (χ1v) is 7.19. The van der Waals surface area contributed by atoms with E-state index in [1.165, 1.54) is 18.2 Å². The molecule has 7 nitrogen and oxygen atoms in total. The van der Waals surface area contributed by atoms with Crippen LogP contribution in [0.1, 0.15) is 21.6 Å². The summed E-state index contributed by atoms with van der Waals surface area (Å²) in [5, 5.41) is 9.23. The van der Waals surface area contributed by atoms with E-state index in [4.69, 9.17) is 9.47 Å². The van der Waals surface area contributed by atoms with E-state index in [2.05, 4.69) is 15.5 Å². The third-order valence-electron chi connectivity index (χ3n) is 3.81. The van der Waals surface area contributed by atoms with E-state index in [0.29, 0.717) is 11.4 Å². The van der Waals surface area contributed by atoms with Gasteiger partial charge in [-0.2, -0.15) is 5.10 Å². The Balaban J connectivity index is 1.72. The highest BCUT2D eigenvalue weighted by Crippen LogP contribution is 2.37. The van der Waals surface area contributed by atoms with Gasteiger partial charge in [0.15, 0.2) is 11.5 Å². The van der Waals surface area contributed by atoms with Crippen molar-refractivity contribution in [3.05, 3.63) is 57.5 Å². The van der Waals surface area contributed by atoms with Gasteiger partial charge in [0.25, 0.3) is 5.56 Å². The molecule has 0 aliphatic carbocycles. The number of hydrogen-bond donors (Lipinski definition) is 2. The lowest BCUT2D eigenvalue weighted by atomic mass is 9.96. The van der Waals surface area contributed by atoms with Gasteiger partial charge in [-0.1, -0.05) is 0 Å². The topological polar surface area (TPSA) is 93.3 Å². The molecule has 2 aromatic rings. The Kier molecular flexibility index (Phi) is 3.11. The zero-order valence-electron chi connectivity index (χ0n) is 12.1. The number of ketones is 1. The molecular weight excluding hydrogens is 298 g/mol. The summed E-state index contributed by atoms with van der Waals surface area (Å²) in [4.78, 5) is 23.3. The van der Waals surface area contributed by atoms with Crippen molar-refractivity contribution in [2.45, 2.75) is 6.42 Å². The number of ether oxygens (including phenoxy) is 2. The molecule has 3 heterocycles. The molecule has 7 heteroatoms. The number of rotatable bonds is 2. The van der Waals surface area contributed by atoms with E-state index in [-0.39, 0.29) is 23.8 Å². The quantitative estimate of drug-likeness (QED) is 0.631. The summed E-state index contributed by atoms with van der Waals surface area (Å²) in [6.07, 6.45) is 2.33. The average Bonchev–Trinajstić information content (AvgIpc) is 3.01. The molecule has 1 aromatic heterocycles. The summed E-state index contributed by atoms with van der Waals surface area (Å²) < 4.78 is 10.8. The highest BCUT2D eigenvalue weighted by Gasteiger charge is 2.22. The third kappa shape index (κ3) is 2.46. The standard InChI is InChI=1S/C16H13N3O4/c20-13(11-1-2-16(21)19-18-11)7-12-10-6-15-14(22-8-23-15)5-9(10)3-4-17-12/h1-2,5-7,17H,3-4,8H2,(H,19,21)/b12-7-. The van der Waals surface area contributed by atoms with Crippen molar-refractivity contribution < 1.29 is 14.3 Å². The van der Waals surface area contributed by atoms with Crippen LogP contribution in [0.25, 0.3) is 5.70 Å². The van der Waals surface area contributed by atoms with Gasteiger partial charge >= 0.3 is 0 Å². The van der Waals surface area contributed by atoms with Crippen molar-refractivity contribution >= 4 is 11.5 Å². The second kappa shape index (κ2) is 5.28. The third-order valence-corrected chi connectivity index (χ3v) is 3.81. The van der Waals surface area contributed by atoms with Gasteiger partial charge in [0.2, 0.25) is 12.6 Å². The molecule has 0 spiro atoms. The minimum absolute atomic E-state index is 0.187. The molecule has 0 fully saturated rings. The maximum absolute atomic E-state index is 12.3. The largest absolute Gasteiger partial charge is 0.454 e. The molecule has 1 aromatic carbocycles. The fourth-order valence-electron chi connectivity index (χ4n) is 2.68. The number of allylic oxidation sites excluding steroid dienone is 1. The van der Waals surface area contributed by atoms with Gasteiger partial charge in [0, 0.05) is 29.9 Å².